The van der Waals surface area contributed by atoms with E-state index in [2.05, 4.69) is 4.90 Å². The fraction of sp³-hybridized carbons (Fsp3) is 0.500. The number of hydrogen-bond donors (Lipinski definition) is 1. The molecular formula is C12H15Cl2NO. The maximum Gasteiger partial charge on any atom is 0.0612 e. The second-order valence-electron chi connectivity index (χ2n) is 4.33. The Kier molecular flexibility index (Phi) is 3.63. The molecule has 1 fully saturated rings. The lowest BCUT2D eigenvalue weighted by Crippen LogP contribution is -2.23. The zero-order valence-electron chi connectivity index (χ0n) is 9.16. The molecule has 0 aromatic heterocycles. The smallest absolute Gasteiger partial charge is 0.0612 e. The average Bonchev–Trinajstić information content (AvgIpc) is 2.71. The molecule has 0 saturated carbocycles. The minimum atomic E-state index is -0.243. The molecule has 0 amide bonds. The van der Waals surface area contributed by atoms with E-state index in [1.807, 2.05) is 25.1 Å². The molecule has 1 heterocycles. The molecule has 1 aromatic carbocycles. The Hall–Kier alpha value is -0.440. The quantitative estimate of drug-likeness (QED) is 0.882. The number of aliphatic hydroxyl groups excluding tert-OH is 1. The molecule has 0 radical (unpaired) electrons. The highest BCUT2D eigenvalue weighted by atomic mass is 35.5. The van der Waals surface area contributed by atoms with Crippen molar-refractivity contribution in [3.05, 3.63) is 28.2 Å². The number of rotatable bonds is 2. The Bertz CT molecular complexity index is 381. The molecule has 0 spiro atoms. The van der Waals surface area contributed by atoms with Gasteiger partial charge in [-0.3, -0.25) is 0 Å². The summed E-state index contributed by atoms with van der Waals surface area (Å²) < 4.78 is 0. The van der Waals surface area contributed by atoms with E-state index in [4.69, 9.17) is 23.2 Å². The molecule has 4 heteroatoms. The third-order valence-electron chi connectivity index (χ3n) is 3.18. The van der Waals surface area contributed by atoms with E-state index in [9.17, 15) is 5.11 Å². The van der Waals surface area contributed by atoms with Gasteiger partial charge in [0.2, 0.25) is 0 Å². The molecule has 2 atom stereocenters. The van der Waals surface area contributed by atoms with Crippen LogP contribution in [0.25, 0.3) is 0 Å². The van der Waals surface area contributed by atoms with Crippen molar-refractivity contribution in [2.45, 2.75) is 19.4 Å². The van der Waals surface area contributed by atoms with Crippen LogP contribution in [-0.2, 0) is 0 Å². The van der Waals surface area contributed by atoms with Crippen LogP contribution in [0.1, 0.15) is 13.3 Å². The zero-order chi connectivity index (χ0) is 11.7. The molecule has 16 heavy (non-hydrogen) atoms. The van der Waals surface area contributed by atoms with Gasteiger partial charge < -0.3 is 10.0 Å². The van der Waals surface area contributed by atoms with Gasteiger partial charge in [0.15, 0.2) is 0 Å². The fourth-order valence-electron chi connectivity index (χ4n) is 2.10. The van der Waals surface area contributed by atoms with Crippen LogP contribution < -0.4 is 4.90 Å². The number of anilines is 1. The molecule has 1 N–H and O–H groups in total. The van der Waals surface area contributed by atoms with E-state index < -0.39 is 0 Å². The van der Waals surface area contributed by atoms with E-state index >= 15 is 0 Å². The fourth-order valence-corrected chi connectivity index (χ4v) is 2.39. The van der Waals surface area contributed by atoms with Gasteiger partial charge in [-0.1, -0.05) is 23.2 Å². The van der Waals surface area contributed by atoms with Gasteiger partial charge in [-0.15, -0.1) is 0 Å². The van der Waals surface area contributed by atoms with Crippen LogP contribution in [0, 0.1) is 5.92 Å². The Labute approximate surface area is 106 Å². The SMILES string of the molecule is CC(O)[C@H]1CCN(c2ccc(Cl)c(Cl)c2)C1. The van der Waals surface area contributed by atoms with Gasteiger partial charge in [-0.2, -0.15) is 0 Å². The molecule has 2 nitrogen and oxygen atoms in total. The van der Waals surface area contributed by atoms with Crippen LogP contribution in [0.15, 0.2) is 18.2 Å². The predicted molar refractivity (Wildman–Crippen MR) is 68.5 cm³/mol. The van der Waals surface area contributed by atoms with Gasteiger partial charge in [0, 0.05) is 24.7 Å². The van der Waals surface area contributed by atoms with Crippen molar-refractivity contribution in [3.63, 3.8) is 0 Å². The normalized spacial score (nSPS) is 22.5. The third kappa shape index (κ3) is 2.45. The van der Waals surface area contributed by atoms with E-state index in [0.29, 0.717) is 16.0 Å². The second-order valence-corrected chi connectivity index (χ2v) is 5.15. The largest absolute Gasteiger partial charge is 0.393 e. The van der Waals surface area contributed by atoms with Crippen LogP contribution in [0.5, 0.6) is 0 Å². The minimum Gasteiger partial charge on any atom is -0.393 e. The van der Waals surface area contributed by atoms with Gasteiger partial charge >= 0.3 is 0 Å². The lowest BCUT2D eigenvalue weighted by molar-refractivity contribution is 0.136. The number of halogens is 2. The molecule has 0 bridgehead atoms. The molecular weight excluding hydrogens is 245 g/mol. The summed E-state index contributed by atoms with van der Waals surface area (Å²) in [6, 6.07) is 5.67. The van der Waals surface area contributed by atoms with Crippen LogP contribution in [0.2, 0.25) is 10.0 Å². The van der Waals surface area contributed by atoms with E-state index in [1.165, 1.54) is 0 Å². The lowest BCUT2D eigenvalue weighted by Gasteiger charge is -2.20. The molecule has 0 aliphatic carbocycles. The average molecular weight is 260 g/mol. The summed E-state index contributed by atoms with van der Waals surface area (Å²) in [4.78, 5) is 2.24. The minimum absolute atomic E-state index is 0.243. The highest BCUT2D eigenvalue weighted by Crippen LogP contribution is 2.30. The van der Waals surface area contributed by atoms with Crippen LogP contribution in [-0.4, -0.2) is 24.3 Å². The Morgan fingerprint density at radius 3 is 2.69 bits per heavy atom. The van der Waals surface area contributed by atoms with E-state index in [-0.39, 0.29) is 6.10 Å². The molecule has 1 saturated heterocycles. The molecule has 1 unspecified atom stereocenters. The van der Waals surface area contributed by atoms with Crippen molar-refractivity contribution in [3.8, 4) is 0 Å². The van der Waals surface area contributed by atoms with Gasteiger partial charge in [-0.25, -0.2) is 0 Å². The Morgan fingerprint density at radius 1 is 1.38 bits per heavy atom. The van der Waals surface area contributed by atoms with Crippen molar-refractivity contribution in [1.29, 1.82) is 0 Å². The Morgan fingerprint density at radius 2 is 2.12 bits per heavy atom. The van der Waals surface area contributed by atoms with E-state index in [1.54, 1.807) is 0 Å². The molecule has 1 aromatic rings. The van der Waals surface area contributed by atoms with Crippen molar-refractivity contribution >= 4 is 28.9 Å². The summed E-state index contributed by atoms with van der Waals surface area (Å²) in [6.45, 7) is 3.70. The summed E-state index contributed by atoms with van der Waals surface area (Å²) in [7, 11) is 0. The number of hydrogen-bond acceptors (Lipinski definition) is 2. The van der Waals surface area contributed by atoms with Crippen LogP contribution in [0.3, 0.4) is 0 Å². The molecule has 2 rings (SSSR count). The van der Waals surface area contributed by atoms with Gasteiger partial charge in [0.1, 0.15) is 0 Å². The monoisotopic (exact) mass is 259 g/mol. The number of aliphatic hydroxyl groups is 1. The maximum absolute atomic E-state index is 9.54. The first-order valence-corrected chi connectivity index (χ1v) is 6.21. The van der Waals surface area contributed by atoms with Crippen LogP contribution >= 0.6 is 23.2 Å². The van der Waals surface area contributed by atoms with Crippen molar-refractivity contribution in [2.24, 2.45) is 5.92 Å². The van der Waals surface area contributed by atoms with Crippen LogP contribution in [0.4, 0.5) is 5.69 Å². The molecule has 88 valence electrons. The topological polar surface area (TPSA) is 23.5 Å². The standard InChI is InChI=1S/C12H15Cl2NO/c1-8(16)9-4-5-15(7-9)10-2-3-11(13)12(14)6-10/h2-3,6,8-9,16H,4-5,7H2,1H3/t8?,9-/m0/s1. The zero-order valence-corrected chi connectivity index (χ0v) is 10.7. The summed E-state index contributed by atoms with van der Waals surface area (Å²) in [5.41, 5.74) is 1.08. The first kappa shape index (κ1) is 12.0. The maximum atomic E-state index is 9.54. The van der Waals surface area contributed by atoms with Gasteiger partial charge in [0.05, 0.1) is 16.1 Å². The lowest BCUT2D eigenvalue weighted by atomic mass is 10.0. The third-order valence-corrected chi connectivity index (χ3v) is 3.91. The summed E-state index contributed by atoms with van der Waals surface area (Å²) >= 11 is 11.9. The Balaban J connectivity index is 2.11. The summed E-state index contributed by atoms with van der Waals surface area (Å²) in [5.74, 6) is 0.356. The number of nitrogens with zero attached hydrogens (tertiary/aromatic N) is 1. The first-order valence-electron chi connectivity index (χ1n) is 5.46. The molecule has 1 aliphatic rings. The highest BCUT2D eigenvalue weighted by molar-refractivity contribution is 6.42. The van der Waals surface area contributed by atoms with E-state index in [0.717, 1.165) is 25.2 Å². The molecule has 1 aliphatic heterocycles. The second kappa shape index (κ2) is 4.82. The number of benzene rings is 1. The first-order chi connectivity index (χ1) is 7.58. The van der Waals surface area contributed by atoms with Gasteiger partial charge in [-0.05, 0) is 31.5 Å². The summed E-state index contributed by atoms with van der Waals surface area (Å²) in [5, 5.41) is 10.7. The predicted octanol–water partition coefficient (Wildman–Crippen LogP) is 3.20. The van der Waals surface area contributed by atoms with Crippen molar-refractivity contribution in [2.75, 3.05) is 18.0 Å². The van der Waals surface area contributed by atoms with Crippen molar-refractivity contribution in [1.82, 2.24) is 0 Å². The van der Waals surface area contributed by atoms with Gasteiger partial charge in [0.25, 0.3) is 0 Å². The van der Waals surface area contributed by atoms with Crippen molar-refractivity contribution < 1.29 is 5.11 Å². The summed E-state index contributed by atoms with van der Waals surface area (Å²) in [6.07, 6.45) is 0.783. The highest BCUT2D eigenvalue weighted by Gasteiger charge is 2.26.